The van der Waals surface area contributed by atoms with Crippen LogP contribution in [-0.2, 0) is 11.2 Å². The molecule has 0 spiro atoms. The number of anilines is 1. The fourth-order valence-electron chi connectivity index (χ4n) is 1.87. The van der Waals surface area contributed by atoms with E-state index in [1.54, 1.807) is 6.20 Å². The van der Waals surface area contributed by atoms with E-state index in [9.17, 15) is 4.79 Å². The lowest BCUT2D eigenvalue weighted by Gasteiger charge is -2.32. The highest BCUT2D eigenvalue weighted by atomic mass is 16.5. The summed E-state index contributed by atoms with van der Waals surface area (Å²) in [5.74, 6) is 0.545. The van der Waals surface area contributed by atoms with Crippen molar-refractivity contribution >= 4 is 11.8 Å². The molecular formula is C12H16N2O2. The SMILES string of the molecule is COC(=O)c1cnc2c(c1)CCC(C)(C)N2. The lowest BCUT2D eigenvalue weighted by Crippen LogP contribution is -2.35. The molecule has 0 amide bonds. The minimum Gasteiger partial charge on any atom is -0.465 e. The molecule has 0 fully saturated rings. The first-order valence-corrected chi connectivity index (χ1v) is 5.37. The van der Waals surface area contributed by atoms with E-state index < -0.39 is 0 Å². The standard InChI is InChI=1S/C12H16N2O2/c1-12(2)5-4-8-6-9(11(15)16-3)7-13-10(8)14-12/h6-7H,4-5H2,1-3H3,(H,13,14). The number of carbonyl (C=O) groups is 1. The van der Waals surface area contributed by atoms with Gasteiger partial charge in [-0.1, -0.05) is 0 Å². The number of ether oxygens (including phenoxy) is 1. The normalized spacial score (nSPS) is 17.2. The highest BCUT2D eigenvalue weighted by Crippen LogP contribution is 2.29. The fourth-order valence-corrected chi connectivity index (χ4v) is 1.87. The second kappa shape index (κ2) is 3.77. The maximum Gasteiger partial charge on any atom is 0.339 e. The zero-order chi connectivity index (χ0) is 11.8. The second-order valence-electron chi connectivity index (χ2n) is 4.73. The summed E-state index contributed by atoms with van der Waals surface area (Å²) >= 11 is 0. The van der Waals surface area contributed by atoms with Crippen molar-refractivity contribution in [3.8, 4) is 0 Å². The Balaban J connectivity index is 2.32. The van der Waals surface area contributed by atoms with Gasteiger partial charge in [0.15, 0.2) is 0 Å². The highest BCUT2D eigenvalue weighted by molar-refractivity contribution is 5.89. The third kappa shape index (κ3) is 2.01. The molecule has 1 aromatic heterocycles. The first kappa shape index (κ1) is 10.9. The quantitative estimate of drug-likeness (QED) is 0.735. The molecule has 0 saturated heterocycles. The summed E-state index contributed by atoms with van der Waals surface area (Å²) < 4.78 is 4.67. The van der Waals surface area contributed by atoms with Gasteiger partial charge in [0.2, 0.25) is 0 Å². The number of aryl methyl sites for hydroxylation is 1. The average Bonchev–Trinajstić information content (AvgIpc) is 2.26. The summed E-state index contributed by atoms with van der Waals surface area (Å²) in [6, 6.07) is 1.86. The zero-order valence-electron chi connectivity index (χ0n) is 9.83. The number of methoxy groups -OCH3 is 1. The van der Waals surface area contributed by atoms with Crippen molar-refractivity contribution in [1.82, 2.24) is 4.98 Å². The van der Waals surface area contributed by atoms with Gasteiger partial charge >= 0.3 is 5.97 Å². The van der Waals surface area contributed by atoms with Crippen molar-refractivity contribution in [3.63, 3.8) is 0 Å². The molecule has 0 radical (unpaired) electrons. The van der Waals surface area contributed by atoms with Crippen molar-refractivity contribution in [1.29, 1.82) is 0 Å². The van der Waals surface area contributed by atoms with Gasteiger partial charge in [-0.05, 0) is 38.3 Å². The Morgan fingerprint density at radius 2 is 2.31 bits per heavy atom. The molecule has 86 valence electrons. The average molecular weight is 220 g/mol. The van der Waals surface area contributed by atoms with Crippen LogP contribution < -0.4 is 5.32 Å². The number of aromatic nitrogens is 1. The molecule has 2 heterocycles. The summed E-state index contributed by atoms with van der Waals surface area (Å²) in [5.41, 5.74) is 1.68. The number of pyridine rings is 1. The van der Waals surface area contributed by atoms with Crippen molar-refractivity contribution in [2.45, 2.75) is 32.2 Å². The zero-order valence-corrected chi connectivity index (χ0v) is 9.83. The van der Waals surface area contributed by atoms with Crippen molar-refractivity contribution in [3.05, 3.63) is 23.4 Å². The second-order valence-corrected chi connectivity index (χ2v) is 4.73. The molecule has 4 heteroatoms. The number of hydrogen-bond donors (Lipinski definition) is 1. The van der Waals surface area contributed by atoms with Gasteiger partial charge in [0.25, 0.3) is 0 Å². The summed E-state index contributed by atoms with van der Waals surface area (Å²) in [6.07, 6.45) is 3.53. The molecule has 1 aromatic rings. The van der Waals surface area contributed by atoms with Gasteiger partial charge in [0.1, 0.15) is 5.82 Å². The van der Waals surface area contributed by atoms with E-state index in [4.69, 9.17) is 0 Å². The molecular weight excluding hydrogens is 204 g/mol. The lowest BCUT2D eigenvalue weighted by atomic mass is 9.91. The Bertz CT molecular complexity index is 427. The van der Waals surface area contributed by atoms with Crippen LogP contribution in [0.5, 0.6) is 0 Å². The maximum absolute atomic E-state index is 11.3. The Labute approximate surface area is 95.0 Å². The molecule has 1 aliphatic heterocycles. The van der Waals surface area contributed by atoms with E-state index in [-0.39, 0.29) is 11.5 Å². The predicted octanol–water partition coefficient (Wildman–Crippen LogP) is 2.00. The first-order valence-electron chi connectivity index (χ1n) is 5.37. The van der Waals surface area contributed by atoms with Crippen LogP contribution in [0.25, 0.3) is 0 Å². The van der Waals surface area contributed by atoms with Crippen molar-refractivity contribution < 1.29 is 9.53 Å². The lowest BCUT2D eigenvalue weighted by molar-refractivity contribution is 0.0600. The number of rotatable bonds is 1. The molecule has 0 bridgehead atoms. The van der Waals surface area contributed by atoms with E-state index in [0.29, 0.717) is 5.56 Å². The minimum atomic E-state index is -0.333. The fraction of sp³-hybridized carbons (Fsp3) is 0.500. The number of fused-ring (bicyclic) bond motifs is 1. The molecule has 0 saturated carbocycles. The third-order valence-corrected chi connectivity index (χ3v) is 2.86. The number of nitrogens with one attached hydrogen (secondary N) is 1. The van der Waals surface area contributed by atoms with Crippen LogP contribution in [0.15, 0.2) is 12.3 Å². The minimum absolute atomic E-state index is 0.0762. The Hall–Kier alpha value is -1.58. The van der Waals surface area contributed by atoms with E-state index in [0.717, 1.165) is 24.2 Å². The van der Waals surface area contributed by atoms with Crippen molar-refractivity contribution in [2.24, 2.45) is 0 Å². The topological polar surface area (TPSA) is 51.2 Å². The molecule has 0 aromatic carbocycles. The van der Waals surface area contributed by atoms with Gasteiger partial charge < -0.3 is 10.1 Å². The number of hydrogen-bond acceptors (Lipinski definition) is 4. The molecule has 16 heavy (non-hydrogen) atoms. The van der Waals surface area contributed by atoms with Gasteiger partial charge in [-0.15, -0.1) is 0 Å². The Kier molecular flexibility index (Phi) is 2.58. The summed E-state index contributed by atoms with van der Waals surface area (Å²) in [5, 5.41) is 3.36. The van der Waals surface area contributed by atoms with Crippen LogP contribution in [0.3, 0.4) is 0 Å². The van der Waals surface area contributed by atoms with Crippen LogP contribution in [0.2, 0.25) is 0 Å². The Morgan fingerprint density at radius 1 is 1.56 bits per heavy atom. The van der Waals surface area contributed by atoms with Crippen LogP contribution in [0.1, 0.15) is 36.2 Å². The van der Waals surface area contributed by atoms with E-state index in [1.807, 2.05) is 6.07 Å². The van der Waals surface area contributed by atoms with Crippen LogP contribution in [-0.4, -0.2) is 23.6 Å². The first-order chi connectivity index (χ1) is 7.52. The van der Waals surface area contributed by atoms with Gasteiger partial charge in [-0.2, -0.15) is 0 Å². The summed E-state index contributed by atoms with van der Waals surface area (Å²) in [6.45, 7) is 4.29. The number of nitrogens with zero attached hydrogens (tertiary/aromatic N) is 1. The third-order valence-electron chi connectivity index (χ3n) is 2.86. The van der Waals surface area contributed by atoms with E-state index in [2.05, 4.69) is 28.9 Å². The maximum atomic E-state index is 11.3. The van der Waals surface area contributed by atoms with Gasteiger partial charge in [-0.3, -0.25) is 0 Å². The molecule has 1 aliphatic rings. The predicted molar refractivity (Wildman–Crippen MR) is 61.6 cm³/mol. The van der Waals surface area contributed by atoms with Gasteiger partial charge in [-0.25, -0.2) is 9.78 Å². The highest BCUT2D eigenvalue weighted by Gasteiger charge is 2.25. The molecule has 2 rings (SSSR count). The summed E-state index contributed by atoms with van der Waals surface area (Å²) in [4.78, 5) is 15.6. The summed E-state index contributed by atoms with van der Waals surface area (Å²) in [7, 11) is 1.38. The number of carbonyl (C=O) groups excluding carboxylic acids is 1. The molecule has 4 nitrogen and oxygen atoms in total. The van der Waals surface area contributed by atoms with Crippen LogP contribution in [0, 0.1) is 0 Å². The van der Waals surface area contributed by atoms with Gasteiger partial charge in [0, 0.05) is 11.7 Å². The monoisotopic (exact) mass is 220 g/mol. The smallest absolute Gasteiger partial charge is 0.339 e. The molecule has 0 aliphatic carbocycles. The molecule has 0 unspecified atom stereocenters. The van der Waals surface area contributed by atoms with E-state index >= 15 is 0 Å². The van der Waals surface area contributed by atoms with E-state index in [1.165, 1.54) is 7.11 Å². The number of esters is 1. The van der Waals surface area contributed by atoms with Crippen molar-refractivity contribution in [2.75, 3.05) is 12.4 Å². The molecule has 1 N–H and O–H groups in total. The Morgan fingerprint density at radius 3 is 3.00 bits per heavy atom. The molecule has 0 atom stereocenters. The largest absolute Gasteiger partial charge is 0.465 e. The van der Waals surface area contributed by atoms with Gasteiger partial charge in [0.05, 0.1) is 12.7 Å². The van der Waals surface area contributed by atoms with Crippen LogP contribution in [0.4, 0.5) is 5.82 Å². The van der Waals surface area contributed by atoms with Crippen LogP contribution >= 0.6 is 0 Å².